The summed E-state index contributed by atoms with van der Waals surface area (Å²) in [5.41, 5.74) is 0. The molecule has 0 heterocycles. The summed E-state index contributed by atoms with van der Waals surface area (Å²) in [6.07, 6.45) is 3.01. The topological polar surface area (TPSA) is 94.2 Å². The molecule has 0 aliphatic rings. The van der Waals surface area contributed by atoms with Crippen LogP contribution in [0.1, 0.15) is 13.3 Å². The van der Waals surface area contributed by atoms with Crippen molar-refractivity contribution in [3.8, 4) is 0 Å². The maximum Gasteiger partial charge on any atom is 0.246 e. The third-order valence-corrected chi connectivity index (χ3v) is 2.88. The van der Waals surface area contributed by atoms with Gasteiger partial charge in [0.05, 0.1) is 33.0 Å². The molecule has 0 fully saturated rings. The van der Waals surface area contributed by atoms with E-state index < -0.39 is 0 Å². The molecule has 2 amide bonds. The average molecular weight is 344 g/mol. The Bertz CT molecular complexity index is 387. The highest BCUT2D eigenvalue weighted by Gasteiger charge is 2.07. The number of aldehydes is 1. The molecule has 0 radical (unpaired) electrons. The lowest BCUT2D eigenvalue weighted by Gasteiger charge is -2.14. The second kappa shape index (κ2) is 16.1. The fraction of sp³-hybridized carbons (Fsp3) is 0.688. The van der Waals surface area contributed by atoms with Crippen molar-refractivity contribution in [3.05, 3.63) is 12.2 Å². The molecule has 0 unspecified atom stereocenters. The van der Waals surface area contributed by atoms with Gasteiger partial charge in [0.15, 0.2) is 0 Å². The van der Waals surface area contributed by atoms with E-state index in [2.05, 4.69) is 5.32 Å². The van der Waals surface area contributed by atoms with Gasteiger partial charge in [-0.05, 0) is 13.0 Å². The average Bonchev–Trinajstić information content (AvgIpc) is 2.59. The summed E-state index contributed by atoms with van der Waals surface area (Å²) in [6.45, 7) is 5.76. The molecule has 8 heteroatoms. The van der Waals surface area contributed by atoms with Gasteiger partial charge in [0.25, 0.3) is 0 Å². The highest BCUT2D eigenvalue weighted by molar-refractivity contribution is 5.91. The van der Waals surface area contributed by atoms with Crippen LogP contribution in [0, 0.1) is 0 Å². The molecule has 138 valence electrons. The molecule has 0 aliphatic carbocycles. The van der Waals surface area contributed by atoms with E-state index in [1.54, 1.807) is 7.05 Å². The van der Waals surface area contributed by atoms with Crippen molar-refractivity contribution in [1.82, 2.24) is 10.2 Å². The number of nitrogens with one attached hydrogen (secondary N) is 1. The van der Waals surface area contributed by atoms with Gasteiger partial charge < -0.3 is 24.4 Å². The second-order valence-corrected chi connectivity index (χ2v) is 4.78. The van der Waals surface area contributed by atoms with Crippen LogP contribution in [0.5, 0.6) is 0 Å². The van der Waals surface area contributed by atoms with Crippen LogP contribution in [0.2, 0.25) is 0 Å². The van der Waals surface area contributed by atoms with Gasteiger partial charge in [-0.25, -0.2) is 0 Å². The number of amides is 2. The zero-order valence-corrected chi connectivity index (χ0v) is 14.5. The predicted molar refractivity (Wildman–Crippen MR) is 88.6 cm³/mol. The summed E-state index contributed by atoms with van der Waals surface area (Å²) in [5, 5.41) is 2.70. The molecule has 1 N–H and O–H groups in total. The van der Waals surface area contributed by atoms with Crippen LogP contribution >= 0.6 is 0 Å². The van der Waals surface area contributed by atoms with E-state index in [1.807, 2.05) is 6.92 Å². The van der Waals surface area contributed by atoms with E-state index in [0.29, 0.717) is 52.5 Å². The molecule has 0 aromatic rings. The zero-order valence-electron chi connectivity index (χ0n) is 14.5. The van der Waals surface area contributed by atoms with Crippen molar-refractivity contribution < 1.29 is 28.6 Å². The lowest BCUT2D eigenvalue weighted by molar-refractivity contribution is -0.126. The molecule has 0 spiro atoms. The van der Waals surface area contributed by atoms with Crippen LogP contribution in [0.25, 0.3) is 0 Å². The van der Waals surface area contributed by atoms with Crippen molar-refractivity contribution in [1.29, 1.82) is 0 Å². The minimum absolute atomic E-state index is 0.161. The second-order valence-electron chi connectivity index (χ2n) is 4.78. The number of allylic oxidation sites excluding steroid dienone is 1. The monoisotopic (exact) mass is 344 g/mol. The van der Waals surface area contributed by atoms with Crippen LogP contribution in [0.4, 0.5) is 0 Å². The Kier molecular flexibility index (Phi) is 14.9. The number of carbonyl (C=O) groups excluding carboxylic acids is 3. The minimum Gasteiger partial charge on any atom is -0.379 e. The number of likely N-dealkylation sites (N-methyl/N-ethyl adjacent to an activating group) is 1. The Morgan fingerprint density at radius 2 is 1.67 bits per heavy atom. The summed E-state index contributed by atoms with van der Waals surface area (Å²) < 4.78 is 15.7. The van der Waals surface area contributed by atoms with Crippen LogP contribution in [0.15, 0.2) is 12.2 Å². The van der Waals surface area contributed by atoms with Crippen molar-refractivity contribution in [2.75, 3.05) is 59.8 Å². The van der Waals surface area contributed by atoms with Crippen molar-refractivity contribution in [2.24, 2.45) is 0 Å². The van der Waals surface area contributed by atoms with Gasteiger partial charge in [0.1, 0.15) is 6.29 Å². The first-order valence-corrected chi connectivity index (χ1v) is 7.98. The van der Waals surface area contributed by atoms with Gasteiger partial charge in [0, 0.05) is 39.2 Å². The van der Waals surface area contributed by atoms with Crippen molar-refractivity contribution in [3.63, 3.8) is 0 Å². The van der Waals surface area contributed by atoms with Crippen LogP contribution in [-0.4, -0.2) is 82.8 Å². The van der Waals surface area contributed by atoms with E-state index in [-0.39, 0.29) is 24.8 Å². The number of hydrogen-bond acceptors (Lipinski definition) is 6. The maximum absolute atomic E-state index is 11.6. The summed E-state index contributed by atoms with van der Waals surface area (Å²) in [5.74, 6) is -0.479. The largest absolute Gasteiger partial charge is 0.379 e. The van der Waals surface area contributed by atoms with E-state index >= 15 is 0 Å². The summed E-state index contributed by atoms with van der Waals surface area (Å²) in [4.78, 5) is 34.6. The molecule has 0 saturated heterocycles. The molecule has 0 aromatic carbocycles. The van der Waals surface area contributed by atoms with Crippen molar-refractivity contribution >= 4 is 18.1 Å². The SMILES string of the molecule is CCOCCOCCOCCNC(=O)CCN(C)C(=O)/C=C\C=O. The number of nitrogens with zero attached hydrogens (tertiary/aromatic N) is 1. The Hall–Kier alpha value is -1.77. The van der Waals surface area contributed by atoms with Gasteiger partial charge in [0.2, 0.25) is 11.8 Å². The normalized spacial score (nSPS) is 10.8. The molecule has 0 aromatic heterocycles. The van der Waals surface area contributed by atoms with E-state index in [1.165, 1.54) is 4.90 Å². The number of hydrogen-bond donors (Lipinski definition) is 1. The molecule has 8 nitrogen and oxygen atoms in total. The highest BCUT2D eigenvalue weighted by atomic mass is 16.5. The Balaban J connectivity index is 3.48. The molecular formula is C16H28N2O6. The molecule has 0 aliphatic heterocycles. The predicted octanol–water partition coefficient (Wildman–Crippen LogP) is -0.224. The number of carbonyl (C=O) groups is 3. The molecule has 0 bridgehead atoms. The maximum atomic E-state index is 11.6. The van der Waals surface area contributed by atoms with E-state index in [9.17, 15) is 14.4 Å². The smallest absolute Gasteiger partial charge is 0.246 e. The van der Waals surface area contributed by atoms with E-state index in [4.69, 9.17) is 14.2 Å². The first-order chi connectivity index (χ1) is 11.6. The van der Waals surface area contributed by atoms with Crippen LogP contribution < -0.4 is 5.32 Å². The number of ether oxygens (including phenoxy) is 3. The lowest BCUT2D eigenvalue weighted by Crippen LogP contribution is -2.33. The minimum atomic E-state index is -0.317. The first kappa shape index (κ1) is 22.2. The lowest BCUT2D eigenvalue weighted by atomic mass is 10.3. The van der Waals surface area contributed by atoms with Gasteiger partial charge in [-0.3, -0.25) is 14.4 Å². The fourth-order valence-corrected chi connectivity index (χ4v) is 1.56. The number of rotatable bonds is 15. The van der Waals surface area contributed by atoms with E-state index in [0.717, 1.165) is 12.2 Å². The Morgan fingerprint density at radius 1 is 1.04 bits per heavy atom. The molecule has 0 rings (SSSR count). The summed E-state index contributed by atoms with van der Waals surface area (Å²) >= 11 is 0. The van der Waals surface area contributed by atoms with Gasteiger partial charge in [-0.1, -0.05) is 0 Å². The third-order valence-electron chi connectivity index (χ3n) is 2.88. The molecule has 0 saturated carbocycles. The van der Waals surface area contributed by atoms with Gasteiger partial charge >= 0.3 is 0 Å². The van der Waals surface area contributed by atoms with Crippen LogP contribution in [0.3, 0.4) is 0 Å². The van der Waals surface area contributed by atoms with Gasteiger partial charge in [-0.15, -0.1) is 0 Å². The Morgan fingerprint density at radius 3 is 2.29 bits per heavy atom. The van der Waals surface area contributed by atoms with Crippen LogP contribution in [-0.2, 0) is 28.6 Å². The third kappa shape index (κ3) is 13.9. The summed E-state index contributed by atoms with van der Waals surface area (Å²) in [6, 6.07) is 0. The highest BCUT2D eigenvalue weighted by Crippen LogP contribution is 1.91. The summed E-state index contributed by atoms with van der Waals surface area (Å²) in [7, 11) is 1.57. The zero-order chi connectivity index (χ0) is 18.0. The standard InChI is InChI=1S/C16H28N2O6/c1-3-22-11-12-24-14-13-23-10-7-17-15(20)6-8-18(2)16(21)5-4-9-19/h4-5,9H,3,6-8,10-14H2,1-2H3,(H,17,20)/b5-4-. The quantitative estimate of drug-likeness (QED) is 0.251. The Labute approximate surface area is 143 Å². The first-order valence-electron chi connectivity index (χ1n) is 7.98. The molecule has 24 heavy (non-hydrogen) atoms. The van der Waals surface area contributed by atoms with Gasteiger partial charge in [-0.2, -0.15) is 0 Å². The van der Waals surface area contributed by atoms with Crippen molar-refractivity contribution in [2.45, 2.75) is 13.3 Å². The molecular weight excluding hydrogens is 316 g/mol. The fourth-order valence-electron chi connectivity index (χ4n) is 1.56. The molecule has 0 atom stereocenters.